The SMILES string of the molecule is Cc1c(-c2cc3ccc(-c4ccn5c(C)nnc5c4)nc3n2CC2CC2)nn2cc(C(=O)N3CCC[C@@H](N)C3)cc(F)c12. The van der Waals surface area contributed by atoms with E-state index in [1.807, 2.05) is 42.6 Å². The van der Waals surface area contributed by atoms with E-state index in [0.29, 0.717) is 30.2 Å². The van der Waals surface area contributed by atoms with Gasteiger partial charge in [0.1, 0.15) is 28.5 Å². The van der Waals surface area contributed by atoms with E-state index in [1.54, 1.807) is 11.1 Å². The third kappa shape index (κ3) is 4.37. The van der Waals surface area contributed by atoms with Crippen molar-refractivity contribution in [3.05, 3.63) is 71.6 Å². The van der Waals surface area contributed by atoms with E-state index >= 15 is 4.39 Å². The average molecular weight is 578 g/mol. The normalized spacial score (nSPS) is 17.5. The number of hydrogen-bond acceptors (Lipinski definition) is 6. The van der Waals surface area contributed by atoms with Crippen molar-refractivity contribution in [3.8, 4) is 22.6 Å². The van der Waals surface area contributed by atoms with Crippen LogP contribution in [0.5, 0.6) is 0 Å². The van der Waals surface area contributed by atoms with Crippen molar-refractivity contribution in [1.82, 2.24) is 38.7 Å². The largest absolute Gasteiger partial charge is 0.337 e. The quantitative estimate of drug-likeness (QED) is 0.315. The van der Waals surface area contributed by atoms with Crippen LogP contribution in [0.25, 0.3) is 44.8 Å². The van der Waals surface area contributed by atoms with Crippen LogP contribution >= 0.6 is 0 Å². The Morgan fingerprint density at radius 1 is 1.09 bits per heavy atom. The molecule has 2 fully saturated rings. The van der Waals surface area contributed by atoms with E-state index < -0.39 is 5.82 Å². The van der Waals surface area contributed by atoms with Crippen LogP contribution in [0.1, 0.15) is 47.4 Å². The van der Waals surface area contributed by atoms with E-state index in [0.717, 1.165) is 64.4 Å². The standard InChI is InChI=1S/C32H32FN9O/c1-18-29(38-42-16-23(12-25(33)30(18)42)32(43)39-10-3-4-24(34)17-39)27-13-22-7-8-26(35-31(22)41(27)15-20-5-6-20)21-9-11-40-19(2)36-37-28(40)14-21/h7-9,11-14,16,20,24H,3-6,10,15,17,34H2,1-2H3/t24-/m1/s1. The number of halogens is 1. The van der Waals surface area contributed by atoms with Crippen LogP contribution in [0.2, 0.25) is 0 Å². The Labute approximate surface area is 246 Å². The first-order valence-electron chi connectivity index (χ1n) is 14.9. The molecule has 2 N–H and O–H groups in total. The maximum Gasteiger partial charge on any atom is 0.255 e. The lowest BCUT2D eigenvalue weighted by Crippen LogP contribution is -2.45. The summed E-state index contributed by atoms with van der Waals surface area (Å²) >= 11 is 0. The number of carbonyl (C=O) groups excluding carboxylic acids is 1. The highest BCUT2D eigenvalue weighted by Crippen LogP contribution is 2.37. The number of carbonyl (C=O) groups is 1. The summed E-state index contributed by atoms with van der Waals surface area (Å²) in [6.07, 6.45) is 7.69. The van der Waals surface area contributed by atoms with Gasteiger partial charge in [-0.05, 0) is 81.8 Å². The first-order chi connectivity index (χ1) is 20.8. The number of hydrogen-bond donors (Lipinski definition) is 1. The second-order valence-electron chi connectivity index (χ2n) is 12.1. The summed E-state index contributed by atoms with van der Waals surface area (Å²) in [7, 11) is 0. The molecule has 0 radical (unpaired) electrons. The number of pyridine rings is 3. The fourth-order valence-corrected chi connectivity index (χ4v) is 6.41. The molecule has 1 atom stereocenters. The molecular formula is C32H32FN9O. The molecule has 0 aromatic carbocycles. The van der Waals surface area contributed by atoms with Gasteiger partial charge in [0.15, 0.2) is 5.65 Å². The van der Waals surface area contributed by atoms with Crippen LogP contribution in [0.15, 0.2) is 48.8 Å². The fourth-order valence-electron chi connectivity index (χ4n) is 6.41. The van der Waals surface area contributed by atoms with Crippen LogP contribution < -0.4 is 5.73 Å². The highest BCUT2D eigenvalue weighted by atomic mass is 19.1. The summed E-state index contributed by atoms with van der Waals surface area (Å²) in [5.74, 6) is 0.723. The Kier molecular flexibility index (Phi) is 5.87. The molecule has 0 unspecified atom stereocenters. The number of fused-ring (bicyclic) bond motifs is 3. The van der Waals surface area contributed by atoms with E-state index in [1.165, 1.54) is 23.4 Å². The Morgan fingerprint density at radius 2 is 1.95 bits per heavy atom. The van der Waals surface area contributed by atoms with Gasteiger partial charge in [-0.15, -0.1) is 10.2 Å². The molecule has 8 rings (SSSR count). The molecule has 6 aromatic heterocycles. The molecule has 1 aliphatic heterocycles. The number of amides is 1. The molecule has 0 spiro atoms. The predicted octanol–water partition coefficient (Wildman–Crippen LogP) is 4.79. The molecular weight excluding hydrogens is 545 g/mol. The second kappa shape index (κ2) is 9.70. The molecule has 2 aliphatic rings. The third-order valence-electron chi connectivity index (χ3n) is 8.91. The van der Waals surface area contributed by atoms with Crippen LogP contribution in [-0.2, 0) is 6.54 Å². The van der Waals surface area contributed by atoms with E-state index in [2.05, 4.69) is 26.9 Å². The van der Waals surface area contributed by atoms with Gasteiger partial charge < -0.3 is 15.2 Å². The van der Waals surface area contributed by atoms with Gasteiger partial charge >= 0.3 is 0 Å². The number of piperidine rings is 1. The van der Waals surface area contributed by atoms with Crippen molar-refractivity contribution < 1.29 is 9.18 Å². The molecule has 0 bridgehead atoms. The Hall–Kier alpha value is -4.64. The highest BCUT2D eigenvalue weighted by molar-refractivity contribution is 5.95. The monoisotopic (exact) mass is 577 g/mol. The fraction of sp³-hybridized carbons (Fsp3) is 0.344. The summed E-state index contributed by atoms with van der Waals surface area (Å²) in [4.78, 5) is 20.1. The molecule has 10 nitrogen and oxygen atoms in total. The average Bonchev–Trinajstić information content (AvgIpc) is 3.53. The second-order valence-corrected chi connectivity index (χ2v) is 12.1. The van der Waals surface area contributed by atoms with Crippen molar-refractivity contribution in [1.29, 1.82) is 0 Å². The highest BCUT2D eigenvalue weighted by Gasteiger charge is 2.28. The van der Waals surface area contributed by atoms with Crippen molar-refractivity contribution in [2.75, 3.05) is 13.1 Å². The zero-order chi connectivity index (χ0) is 29.4. The Morgan fingerprint density at radius 3 is 2.77 bits per heavy atom. The zero-order valence-electron chi connectivity index (χ0n) is 24.2. The van der Waals surface area contributed by atoms with Gasteiger partial charge in [0, 0.05) is 54.6 Å². The maximum atomic E-state index is 15.6. The summed E-state index contributed by atoms with van der Waals surface area (Å²) in [5.41, 5.74) is 12.5. The van der Waals surface area contributed by atoms with Gasteiger partial charge in [-0.3, -0.25) is 9.20 Å². The van der Waals surface area contributed by atoms with Gasteiger partial charge in [-0.25, -0.2) is 13.9 Å². The number of nitrogens with two attached hydrogens (primary N) is 1. The minimum absolute atomic E-state index is 0.0536. The van der Waals surface area contributed by atoms with Crippen molar-refractivity contribution >= 4 is 28.1 Å². The van der Waals surface area contributed by atoms with Gasteiger partial charge in [-0.1, -0.05) is 0 Å². The van der Waals surface area contributed by atoms with Gasteiger partial charge in [0.25, 0.3) is 5.91 Å². The van der Waals surface area contributed by atoms with Crippen LogP contribution in [0.4, 0.5) is 4.39 Å². The number of aromatic nitrogens is 7. The zero-order valence-corrected chi connectivity index (χ0v) is 24.2. The van der Waals surface area contributed by atoms with Crippen LogP contribution in [0.3, 0.4) is 0 Å². The molecule has 1 saturated heterocycles. The molecule has 11 heteroatoms. The van der Waals surface area contributed by atoms with Gasteiger partial charge in [-0.2, -0.15) is 5.10 Å². The minimum atomic E-state index is -0.465. The predicted molar refractivity (Wildman–Crippen MR) is 161 cm³/mol. The number of nitrogens with zero attached hydrogens (tertiary/aromatic N) is 8. The minimum Gasteiger partial charge on any atom is -0.337 e. The Balaban J connectivity index is 1.23. The molecule has 7 heterocycles. The Bertz CT molecular complexity index is 2070. The summed E-state index contributed by atoms with van der Waals surface area (Å²) in [6, 6.07) is 11.5. The van der Waals surface area contributed by atoms with Crippen molar-refractivity contribution in [2.45, 2.75) is 52.1 Å². The molecule has 1 saturated carbocycles. The summed E-state index contributed by atoms with van der Waals surface area (Å²) in [6.45, 7) is 5.72. The maximum absolute atomic E-state index is 15.6. The number of rotatable bonds is 5. The number of likely N-dealkylation sites (tertiary alicyclic amines) is 1. The first-order valence-corrected chi connectivity index (χ1v) is 14.9. The van der Waals surface area contributed by atoms with Gasteiger partial charge in [0.2, 0.25) is 0 Å². The van der Waals surface area contributed by atoms with E-state index in [4.69, 9.17) is 15.8 Å². The van der Waals surface area contributed by atoms with Crippen molar-refractivity contribution in [3.63, 3.8) is 0 Å². The molecule has 6 aromatic rings. The topological polar surface area (TPSA) is 112 Å². The molecule has 1 amide bonds. The first kappa shape index (κ1) is 26.0. The lowest BCUT2D eigenvalue weighted by atomic mass is 10.1. The number of aryl methyl sites for hydroxylation is 2. The third-order valence-corrected chi connectivity index (χ3v) is 8.91. The van der Waals surface area contributed by atoms with Crippen LogP contribution in [-0.4, -0.2) is 63.7 Å². The smallest absolute Gasteiger partial charge is 0.255 e. The molecule has 1 aliphatic carbocycles. The van der Waals surface area contributed by atoms with E-state index in [-0.39, 0.29) is 17.5 Å². The lowest BCUT2D eigenvalue weighted by molar-refractivity contribution is 0.0707. The van der Waals surface area contributed by atoms with Gasteiger partial charge in [0.05, 0.1) is 17.0 Å². The summed E-state index contributed by atoms with van der Waals surface area (Å²) < 4.78 is 21.3. The molecule has 218 valence electrons. The van der Waals surface area contributed by atoms with Crippen molar-refractivity contribution in [2.24, 2.45) is 11.7 Å². The van der Waals surface area contributed by atoms with Crippen LogP contribution in [0, 0.1) is 25.6 Å². The van der Waals surface area contributed by atoms with E-state index in [9.17, 15) is 4.79 Å². The molecule has 43 heavy (non-hydrogen) atoms. The summed E-state index contributed by atoms with van der Waals surface area (Å²) in [5, 5.41) is 14.3. The lowest BCUT2D eigenvalue weighted by Gasteiger charge is -2.30.